The van der Waals surface area contributed by atoms with E-state index in [2.05, 4.69) is 4.72 Å². The molecular weight excluding hydrogens is 324 g/mol. The Balaban J connectivity index is 1.79. The number of furan rings is 1. The summed E-state index contributed by atoms with van der Waals surface area (Å²) in [5.74, 6) is 0.583. The first-order valence-electron chi connectivity index (χ1n) is 6.90. The van der Waals surface area contributed by atoms with Gasteiger partial charge in [-0.05, 0) is 31.2 Å². The molecule has 0 saturated carbocycles. The molecule has 0 radical (unpaired) electrons. The van der Waals surface area contributed by atoms with Crippen LogP contribution in [0.5, 0.6) is 0 Å². The van der Waals surface area contributed by atoms with E-state index in [1.165, 1.54) is 6.26 Å². The minimum absolute atomic E-state index is 0.144. The molecule has 3 rings (SSSR count). The van der Waals surface area contributed by atoms with E-state index >= 15 is 0 Å². The zero-order valence-electron chi connectivity index (χ0n) is 12.4. The van der Waals surface area contributed by atoms with Crippen LogP contribution >= 0.6 is 11.3 Å². The van der Waals surface area contributed by atoms with Crippen molar-refractivity contribution in [1.29, 1.82) is 0 Å². The Labute approximate surface area is 133 Å². The average molecular weight is 342 g/mol. The van der Waals surface area contributed by atoms with Crippen LogP contribution in [-0.2, 0) is 21.4 Å². The summed E-state index contributed by atoms with van der Waals surface area (Å²) in [5.41, 5.74) is 0. The summed E-state index contributed by atoms with van der Waals surface area (Å²) in [5, 5.41) is 0.979. The van der Waals surface area contributed by atoms with Gasteiger partial charge in [-0.2, -0.15) is 5.06 Å². The van der Waals surface area contributed by atoms with Crippen LogP contribution in [0.2, 0.25) is 0 Å². The largest absolute Gasteiger partial charge is 0.468 e. The van der Waals surface area contributed by atoms with Crippen molar-refractivity contribution in [3.8, 4) is 0 Å². The third-order valence-electron chi connectivity index (χ3n) is 3.67. The van der Waals surface area contributed by atoms with Gasteiger partial charge in [0.05, 0.1) is 25.5 Å². The van der Waals surface area contributed by atoms with Crippen LogP contribution in [0.15, 0.2) is 34.9 Å². The normalized spacial score (nSPS) is 23.2. The first kappa shape index (κ1) is 15.7. The molecule has 0 bridgehead atoms. The Hall–Kier alpha value is -1.19. The minimum Gasteiger partial charge on any atom is -0.468 e. The Bertz CT molecular complexity index is 724. The lowest BCUT2D eigenvalue weighted by Gasteiger charge is -2.21. The SMILES string of the molecule is Cc1ccc(C2C(S(=O)(=O)NCc3ccco3)CON2C)s1. The highest BCUT2D eigenvalue weighted by Crippen LogP contribution is 2.36. The van der Waals surface area contributed by atoms with Crippen LogP contribution in [0, 0.1) is 6.92 Å². The van der Waals surface area contributed by atoms with Gasteiger partial charge in [0, 0.05) is 16.8 Å². The maximum atomic E-state index is 12.6. The fourth-order valence-corrected chi connectivity index (χ4v) is 5.14. The maximum absolute atomic E-state index is 12.6. The van der Waals surface area contributed by atoms with E-state index in [-0.39, 0.29) is 19.2 Å². The predicted molar refractivity (Wildman–Crippen MR) is 83.8 cm³/mol. The van der Waals surface area contributed by atoms with E-state index < -0.39 is 15.3 Å². The molecule has 2 aromatic rings. The highest BCUT2D eigenvalue weighted by Gasteiger charge is 2.43. The summed E-state index contributed by atoms with van der Waals surface area (Å²) >= 11 is 1.59. The summed E-state index contributed by atoms with van der Waals surface area (Å²) < 4.78 is 33.0. The van der Waals surface area contributed by atoms with Crippen molar-refractivity contribution in [2.24, 2.45) is 0 Å². The Morgan fingerprint density at radius 2 is 2.23 bits per heavy atom. The van der Waals surface area contributed by atoms with Gasteiger partial charge < -0.3 is 4.42 Å². The molecule has 2 atom stereocenters. The molecule has 0 amide bonds. The molecule has 0 aliphatic carbocycles. The summed E-state index contributed by atoms with van der Waals surface area (Å²) in [4.78, 5) is 7.60. The van der Waals surface area contributed by atoms with Gasteiger partial charge in [0.25, 0.3) is 0 Å². The summed E-state index contributed by atoms with van der Waals surface area (Å²) in [6.07, 6.45) is 1.52. The number of hydrogen-bond acceptors (Lipinski definition) is 6. The second kappa shape index (κ2) is 6.13. The first-order valence-corrected chi connectivity index (χ1v) is 9.26. The van der Waals surface area contributed by atoms with Crippen molar-refractivity contribution in [3.63, 3.8) is 0 Å². The van der Waals surface area contributed by atoms with Gasteiger partial charge in [-0.3, -0.25) is 4.84 Å². The van der Waals surface area contributed by atoms with E-state index in [1.54, 1.807) is 35.6 Å². The quantitative estimate of drug-likeness (QED) is 0.900. The molecule has 1 fully saturated rings. The topological polar surface area (TPSA) is 71.8 Å². The summed E-state index contributed by atoms with van der Waals surface area (Å²) in [7, 11) is -1.76. The van der Waals surface area contributed by atoms with Crippen molar-refractivity contribution in [3.05, 3.63) is 46.0 Å². The minimum atomic E-state index is -3.53. The number of hydroxylamine groups is 2. The average Bonchev–Trinajstić information content (AvgIpc) is 3.17. The lowest BCUT2D eigenvalue weighted by molar-refractivity contribution is -0.110. The van der Waals surface area contributed by atoms with Crippen molar-refractivity contribution >= 4 is 21.4 Å². The van der Waals surface area contributed by atoms with Crippen molar-refractivity contribution in [1.82, 2.24) is 9.79 Å². The lowest BCUT2D eigenvalue weighted by Crippen LogP contribution is -2.38. The molecule has 2 unspecified atom stereocenters. The lowest BCUT2D eigenvalue weighted by atomic mass is 10.2. The van der Waals surface area contributed by atoms with E-state index in [4.69, 9.17) is 9.25 Å². The molecule has 1 saturated heterocycles. The van der Waals surface area contributed by atoms with Gasteiger partial charge in [0.2, 0.25) is 10.0 Å². The molecule has 1 aliphatic rings. The molecule has 3 heterocycles. The molecular formula is C14H18N2O4S2. The molecule has 2 aromatic heterocycles. The standard InChI is InChI=1S/C14H18N2O4S2/c1-10-5-6-12(21-10)14-13(9-20-16(14)2)22(17,18)15-8-11-4-3-7-19-11/h3-7,13-15H,8-9H2,1-2H3. The third-order valence-corrected chi connectivity index (χ3v) is 6.47. The number of aryl methyl sites for hydroxylation is 1. The number of nitrogens with zero attached hydrogens (tertiary/aromatic N) is 1. The zero-order chi connectivity index (χ0) is 15.7. The molecule has 22 heavy (non-hydrogen) atoms. The number of thiophene rings is 1. The van der Waals surface area contributed by atoms with Gasteiger partial charge in [0.1, 0.15) is 11.0 Å². The van der Waals surface area contributed by atoms with Crippen molar-refractivity contribution < 1.29 is 17.7 Å². The highest BCUT2D eigenvalue weighted by atomic mass is 32.2. The number of sulfonamides is 1. The molecule has 1 N–H and O–H groups in total. The Morgan fingerprint density at radius 3 is 2.86 bits per heavy atom. The van der Waals surface area contributed by atoms with Crippen molar-refractivity contribution in [2.75, 3.05) is 13.7 Å². The molecule has 8 heteroatoms. The molecule has 120 valence electrons. The van der Waals surface area contributed by atoms with Gasteiger partial charge in [0.15, 0.2) is 0 Å². The number of nitrogens with one attached hydrogen (secondary N) is 1. The second-order valence-corrected chi connectivity index (χ2v) is 8.52. The second-order valence-electron chi connectivity index (χ2n) is 5.22. The third kappa shape index (κ3) is 3.11. The first-order chi connectivity index (χ1) is 10.5. The van der Waals surface area contributed by atoms with E-state index in [0.29, 0.717) is 5.76 Å². The summed E-state index contributed by atoms with van der Waals surface area (Å²) in [6.45, 7) is 2.29. The van der Waals surface area contributed by atoms with Crippen molar-refractivity contribution in [2.45, 2.75) is 24.8 Å². The van der Waals surface area contributed by atoms with Gasteiger partial charge in [-0.15, -0.1) is 11.3 Å². The van der Waals surface area contributed by atoms with Crippen LogP contribution in [0.4, 0.5) is 0 Å². The van der Waals surface area contributed by atoms with Crippen LogP contribution in [0.1, 0.15) is 21.6 Å². The fraction of sp³-hybridized carbons (Fsp3) is 0.429. The Kier molecular flexibility index (Phi) is 4.37. The monoisotopic (exact) mass is 342 g/mol. The van der Waals surface area contributed by atoms with Crippen LogP contribution < -0.4 is 4.72 Å². The maximum Gasteiger partial charge on any atom is 0.219 e. The van der Waals surface area contributed by atoms with Crippen LogP contribution in [0.3, 0.4) is 0 Å². The number of hydrogen-bond donors (Lipinski definition) is 1. The zero-order valence-corrected chi connectivity index (χ0v) is 14.0. The number of rotatable bonds is 5. The molecule has 0 spiro atoms. The summed E-state index contributed by atoms with van der Waals surface area (Å²) in [6, 6.07) is 7.12. The van der Waals surface area contributed by atoms with E-state index in [1.807, 2.05) is 19.1 Å². The van der Waals surface area contributed by atoms with Crippen LogP contribution in [-0.4, -0.2) is 32.4 Å². The molecule has 6 nitrogen and oxygen atoms in total. The van der Waals surface area contributed by atoms with E-state index in [9.17, 15) is 8.42 Å². The molecule has 1 aliphatic heterocycles. The fourth-order valence-electron chi connectivity index (χ4n) is 2.52. The van der Waals surface area contributed by atoms with Gasteiger partial charge in [-0.1, -0.05) is 0 Å². The Morgan fingerprint density at radius 1 is 1.41 bits per heavy atom. The predicted octanol–water partition coefficient (Wildman–Crippen LogP) is 2.06. The van der Waals surface area contributed by atoms with E-state index in [0.717, 1.165) is 9.75 Å². The highest BCUT2D eigenvalue weighted by molar-refractivity contribution is 7.90. The van der Waals surface area contributed by atoms with Gasteiger partial charge in [-0.25, -0.2) is 13.1 Å². The van der Waals surface area contributed by atoms with Gasteiger partial charge >= 0.3 is 0 Å². The van der Waals surface area contributed by atoms with Crippen LogP contribution in [0.25, 0.3) is 0 Å². The smallest absolute Gasteiger partial charge is 0.219 e. The molecule has 0 aromatic carbocycles.